The van der Waals surface area contributed by atoms with Gasteiger partial charge in [-0.25, -0.2) is 0 Å². The number of carbonyl (C=O) groups excluding carboxylic acids is 2. The minimum Gasteiger partial charge on any atom is -0.349 e. The van der Waals surface area contributed by atoms with E-state index in [0.29, 0.717) is 26.1 Å². The predicted molar refractivity (Wildman–Crippen MR) is 93.1 cm³/mol. The number of aryl methyl sites for hydroxylation is 1. The monoisotopic (exact) mass is 329 g/mol. The molecule has 1 aliphatic heterocycles. The van der Waals surface area contributed by atoms with Crippen LogP contribution in [0.1, 0.15) is 43.2 Å². The van der Waals surface area contributed by atoms with Crippen LogP contribution in [0.2, 0.25) is 0 Å². The van der Waals surface area contributed by atoms with Gasteiger partial charge >= 0.3 is 0 Å². The summed E-state index contributed by atoms with van der Waals surface area (Å²) in [6.07, 6.45) is 4.42. The summed E-state index contributed by atoms with van der Waals surface area (Å²) >= 11 is 0. The smallest absolute Gasteiger partial charge is 0.225 e. The highest BCUT2D eigenvalue weighted by Gasteiger charge is 2.39. The molecular formula is C19H27N3O2. The lowest BCUT2D eigenvalue weighted by Crippen LogP contribution is -2.53. The molecule has 1 atom stereocenters. The molecule has 0 spiro atoms. The fourth-order valence-corrected chi connectivity index (χ4v) is 3.81. The molecule has 1 saturated carbocycles. The zero-order valence-electron chi connectivity index (χ0n) is 14.4. The Balaban J connectivity index is 1.59. The van der Waals surface area contributed by atoms with Gasteiger partial charge in [0.15, 0.2) is 0 Å². The zero-order valence-corrected chi connectivity index (χ0v) is 14.4. The molecule has 0 radical (unpaired) electrons. The Morgan fingerprint density at radius 2 is 1.96 bits per heavy atom. The third kappa shape index (κ3) is 3.61. The van der Waals surface area contributed by atoms with Crippen LogP contribution in [-0.4, -0.2) is 35.3 Å². The van der Waals surface area contributed by atoms with Crippen LogP contribution in [0, 0.1) is 12.8 Å². The first-order chi connectivity index (χ1) is 11.5. The fourth-order valence-electron chi connectivity index (χ4n) is 3.81. The highest BCUT2D eigenvalue weighted by atomic mass is 16.2. The number of likely N-dealkylation sites (tertiary alicyclic amines) is 1. The van der Waals surface area contributed by atoms with Crippen LogP contribution in [0.25, 0.3) is 0 Å². The van der Waals surface area contributed by atoms with Crippen molar-refractivity contribution < 1.29 is 9.59 Å². The molecule has 130 valence electrons. The molecule has 2 fully saturated rings. The minimum atomic E-state index is -0.257. The minimum absolute atomic E-state index is 0.0119. The molecule has 1 unspecified atom stereocenters. The topological polar surface area (TPSA) is 75.4 Å². The van der Waals surface area contributed by atoms with Gasteiger partial charge in [0, 0.05) is 26.1 Å². The Hall–Kier alpha value is -1.88. The molecular weight excluding hydrogens is 302 g/mol. The van der Waals surface area contributed by atoms with Crippen LogP contribution in [0.5, 0.6) is 0 Å². The van der Waals surface area contributed by atoms with Gasteiger partial charge in [0.1, 0.15) is 0 Å². The third-order valence-electron chi connectivity index (χ3n) is 5.42. The predicted octanol–water partition coefficient (Wildman–Crippen LogP) is 1.73. The molecule has 1 saturated heterocycles. The van der Waals surface area contributed by atoms with Crippen LogP contribution in [0.15, 0.2) is 24.3 Å². The number of hydrogen-bond acceptors (Lipinski definition) is 3. The van der Waals surface area contributed by atoms with Gasteiger partial charge in [-0.1, -0.05) is 42.7 Å². The normalized spacial score (nSPS) is 22.8. The summed E-state index contributed by atoms with van der Waals surface area (Å²) in [6, 6.07) is 8.17. The van der Waals surface area contributed by atoms with E-state index in [9.17, 15) is 9.59 Å². The first-order valence-corrected chi connectivity index (χ1v) is 8.87. The van der Waals surface area contributed by atoms with Crippen LogP contribution in [-0.2, 0) is 16.1 Å². The van der Waals surface area contributed by atoms with Gasteiger partial charge in [-0.15, -0.1) is 0 Å². The van der Waals surface area contributed by atoms with E-state index in [2.05, 4.69) is 5.32 Å². The number of rotatable bonds is 5. The van der Waals surface area contributed by atoms with Crippen LogP contribution in [0.3, 0.4) is 0 Å². The van der Waals surface area contributed by atoms with Crippen LogP contribution < -0.4 is 11.1 Å². The molecule has 0 bridgehead atoms. The van der Waals surface area contributed by atoms with Crippen molar-refractivity contribution in [3.63, 3.8) is 0 Å². The van der Waals surface area contributed by atoms with Crippen molar-refractivity contribution in [3.05, 3.63) is 35.4 Å². The van der Waals surface area contributed by atoms with Gasteiger partial charge < -0.3 is 16.0 Å². The number of nitrogens with one attached hydrogen (secondary N) is 1. The molecule has 0 aromatic heterocycles. The molecule has 3 N–H and O–H groups in total. The van der Waals surface area contributed by atoms with Gasteiger partial charge in [-0.2, -0.15) is 0 Å². The Labute approximate surface area is 143 Å². The maximum absolute atomic E-state index is 12.6. The van der Waals surface area contributed by atoms with E-state index in [4.69, 9.17) is 5.73 Å². The molecule has 5 heteroatoms. The van der Waals surface area contributed by atoms with Crippen molar-refractivity contribution in [2.24, 2.45) is 11.7 Å². The lowest BCUT2D eigenvalue weighted by Gasteiger charge is -2.30. The van der Waals surface area contributed by atoms with Crippen LogP contribution in [0.4, 0.5) is 0 Å². The standard InChI is InChI=1S/C19H27N3O2/c1-14-4-6-15(7-5-14)11-22-12-16(10-17(22)23)18(24)21-19(13-20)8-2-3-9-19/h4-7,16H,2-3,8-13,20H2,1H3,(H,21,24). The molecule has 5 nitrogen and oxygen atoms in total. The van der Waals surface area contributed by atoms with Crippen molar-refractivity contribution in [1.29, 1.82) is 0 Å². The second kappa shape index (κ2) is 6.93. The Morgan fingerprint density at radius 1 is 1.29 bits per heavy atom. The van der Waals surface area contributed by atoms with Crippen molar-refractivity contribution in [1.82, 2.24) is 10.2 Å². The molecule has 1 heterocycles. The van der Waals surface area contributed by atoms with Gasteiger partial charge in [0.25, 0.3) is 0 Å². The van der Waals surface area contributed by atoms with E-state index in [1.807, 2.05) is 31.2 Å². The van der Waals surface area contributed by atoms with Crippen molar-refractivity contribution in [2.45, 2.75) is 51.1 Å². The molecule has 24 heavy (non-hydrogen) atoms. The van der Waals surface area contributed by atoms with Gasteiger partial charge in [-0.3, -0.25) is 9.59 Å². The van der Waals surface area contributed by atoms with Crippen molar-refractivity contribution >= 4 is 11.8 Å². The van der Waals surface area contributed by atoms with E-state index >= 15 is 0 Å². The summed E-state index contributed by atoms with van der Waals surface area (Å²) < 4.78 is 0. The highest BCUT2D eigenvalue weighted by molar-refractivity contribution is 5.89. The summed E-state index contributed by atoms with van der Waals surface area (Å²) in [6.45, 7) is 3.60. The molecule has 1 aromatic rings. The first kappa shape index (κ1) is 17.0. The zero-order chi connectivity index (χ0) is 17.2. The number of amides is 2. The first-order valence-electron chi connectivity index (χ1n) is 8.87. The molecule has 2 aliphatic rings. The van der Waals surface area contributed by atoms with Crippen molar-refractivity contribution in [3.8, 4) is 0 Å². The largest absolute Gasteiger partial charge is 0.349 e. The number of nitrogens with zero attached hydrogens (tertiary/aromatic N) is 1. The molecule has 1 aliphatic carbocycles. The molecule has 2 amide bonds. The number of hydrogen-bond donors (Lipinski definition) is 2. The summed E-state index contributed by atoms with van der Waals surface area (Å²) in [7, 11) is 0. The number of nitrogens with two attached hydrogens (primary N) is 1. The second-order valence-corrected chi connectivity index (χ2v) is 7.34. The maximum Gasteiger partial charge on any atom is 0.225 e. The van der Waals surface area contributed by atoms with Gasteiger partial charge in [-0.05, 0) is 25.3 Å². The van der Waals surface area contributed by atoms with Crippen LogP contribution >= 0.6 is 0 Å². The Bertz CT molecular complexity index is 606. The third-order valence-corrected chi connectivity index (χ3v) is 5.42. The number of benzene rings is 1. The second-order valence-electron chi connectivity index (χ2n) is 7.34. The summed E-state index contributed by atoms with van der Waals surface area (Å²) in [4.78, 5) is 26.7. The lowest BCUT2D eigenvalue weighted by molar-refractivity contribution is -0.129. The van der Waals surface area contributed by atoms with E-state index in [1.54, 1.807) is 4.90 Å². The van der Waals surface area contributed by atoms with E-state index in [-0.39, 0.29) is 23.3 Å². The lowest BCUT2D eigenvalue weighted by atomic mass is 9.96. The SMILES string of the molecule is Cc1ccc(CN2CC(C(=O)NC3(CN)CCCC3)CC2=O)cc1. The Kier molecular flexibility index (Phi) is 4.90. The Morgan fingerprint density at radius 3 is 2.58 bits per heavy atom. The summed E-state index contributed by atoms with van der Waals surface area (Å²) in [5.74, 6) is -0.210. The summed E-state index contributed by atoms with van der Waals surface area (Å²) in [5, 5.41) is 3.15. The highest BCUT2D eigenvalue weighted by Crippen LogP contribution is 2.30. The fraction of sp³-hybridized carbons (Fsp3) is 0.579. The maximum atomic E-state index is 12.6. The molecule has 3 rings (SSSR count). The van der Waals surface area contributed by atoms with E-state index in [0.717, 1.165) is 31.2 Å². The van der Waals surface area contributed by atoms with E-state index in [1.165, 1.54) is 5.56 Å². The average molecular weight is 329 g/mol. The van der Waals surface area contributed by atoms with Crippen molar-refractivity contribution in [2.75, 3.05) is 13.1 Å². The summed E-state index contributed by atoms with van der Waals surface area (Å²) in [5.41, 5.74) is 7.95. The van der Waals surface area contributed by atoms with Gasteiger partial charge in [0.05, 0.1) is 11.5 Å². The average Bonchev–Trinajstić information content (AvgIpc) is 3.18. The number of carbonyl (C=O) groups is 2. The van der Waals surface area contributed by atoms with E-state index < -0.39 is 0 Å². The molecule has 1 aromatic carbocycles. The van der Waals surface area contributed by atoms with Gasteiger partial charge in [0.2, 0.25) is 11.8 Å². The quantitative estimate of drug-likeness (QED) is 0.864.